The predicted molar refractivity (Wildman–Crippen MR) is 103 cm³/mol. The minimum absolute atomic E-state index is 0.0160. The molecule has 0 fully saturated rings. The van der Waals surface area contributed by atoms with Gasteiger partial charge in [0.15, 0.2) is 11.5 Å². The number of Topliss-reactive ketones (excluding diaryl/α,β-unsaturated/α-hetero) is 1. The first-order valence-electron chi connectivity index (χ1n) is 8.99. The number of ether oxygens (including phenoxy) is 3. The maximum Gasteiger partial charge on any atom is 0.222 e. The summed E-state index contributed by atoms with van der Waals surface area (Å²) in [5.41, 5.74) is 2.99. The highest BCUT2D eigenvalue weighted by Gasteiger charge is 2.33. The van der Waals surface area contributed by atoms with E-state index in [1.165, 1.54) is 27.2 Å². The summed E-state index contributed by atoms with van der Waals surface area (Å²) in [7, 11) is 4.60. The van der Waals surface area contributed by atoms with Gasteiger partial charge in [0.05, 0.1) is 27.4 Å². The first kappa shape index (κ1) is 19.7. The lowest BCUT2D eigenvalue weighted by Crippen LogP contribution is -2.35. The number of carbonyl (C=O) groups is 3. The van der Waals surface area contributed by atoms with Crippen molar-refractivity contribution < 1.29 is 28.6 Å². The second-order valence-corrected chi connectivity index (χ2v) is 6.68. The van der Waals surface area contributed by atoms with Gasteiger partial charge in [-0.2, -0.15) is 0 Å². The summed E-state index contributed by atoms with van der Waals surface area (Å²) in [6.45, 7) is 1.43. The van der Waals surface area contributed by atoms with E-state index in [9.17, 15) is 14.4 Å². The van der Waals surface area contributed by atoms with Gasteiger partial charge in [-0.3, -0.25) is 14.4 Å². The number of benzene rings is 1. The molecule has 0 aliphatic heterocycles. The van der Waals surface area contributed by atoms with Gasteiger partial charge in [0.1, 0.15) is 0 Å². The third-order valence-electron chi connectivity index (χ3n) is 5.00. The average molecular weight is 385 g/mol. The van der Waals surface area contributed by atoms with E-state index in [0.717, 1.165) is 11.1 Å². The van der Waals surface area contributed by atoms with Crippen LogP contribution in [0.25, 0.3) is 5.57 Å². The molecule has 1 aromatic rings. The van der Waals surface area contributed by atoms with E-state index >= 15 is 0 Å². The highest BCUT2D eigenvalue weighted by molar-refractivity contribution is 6.43. The molecule has 1 amide bonds. The van der Waals surface area contributed by atoms with Gasteiger partial charge in [0.2, 0.25) is 23.2 Å². The van der Waals surface area contributed by atoms with Crippen molar-refractivity contribution in [2.24, 2.45) is 0 Å². The fourth-order valence-electron chi connectivity index (χ4n) is 3.80. The van der Waals surface area contributed by atoms with E-state index in [4.69, 9.17) is 14.2 Å². The molecule has 7 heteroatoms. The van der Waals surface area contributed by atoms with Gasteiger partial charge in [-0.1, -0.05) is 6.08 Å². The van der Waals surface area contributed by atoms with Crippen LogP contribution in [0.2, 0.25) is 0 Å². The Morgan fingerprint density at radius 1 is 1.11 bits per heavy atom. The Hall–Kier alpha value is -3.09. The zero-order valence-electron chi connectivity index (χ0n) is 16.4. The second-order valence-electron chi connectivity index (χ2n) is 6.68. The number of allylic oxidation sites excluding steroid dienone is 2. The number of aryl methyl sites for hydroxylation is 1. The minimum atomic E-state index is -0.570. The Morgan fingerprint density at radius 3 is 2.43 bits per heavy atom. The predicted octanol–water partition coefficient (Wildman–Crippen LogP) is 2.01. The Balaban J connectivity index is 2.31. The van der Waals surface area contributed by atoms with E-state index in [0.29, 0.717) is 41.2 Å². The molecular formula is C21H23NO6. The fourth-order valence-corrected chi connectivity index (χ4v) is 3.80. The molecule has 1 aromatic carbocycles. The van der Waals surface area contributed by atoms with Crippen molar-refractivity contribution in [2.75, 3.05) is 21.3 Å². The molecule has 0 radical (unpaired) electrons. The minimum Gasteiger partial charge on any atom is -0.493 e. The van der Waals surface area contributed by atoms with Gasteiger partial charge in [0.25, 0.3) is 0 Å². The monoisotopic (exact) mass is 385 g/mol. The number of amides is 1. The summed E-state index contributed by atoms with van der Waals surface area (Å²) in [6.07, 6.45) is 4.24. The lowest BCUT2D eigenvalue weighted by atomic mass is 9.91. The Kier molecular flexibility index (Phi) is 5.53. The van der Waals surface area contributed by atoms with Crippen molar-refractivity contribution in [2.45, 2.75) is 32.2 Å². The molecule has 28 heavy (non-hydrogen) atoms. The van der Waals surface area contributed by atoms with Crippen molar-refractivity contribution in [1.29, 1.82) is 0 Å². The van der Waals surface area contributed by atoms with Gasteiger partial charge < -0.3 is 19.5 Å². The van der Waals surface area contributed by atoms with Crippen LogP contribution >= 0.6 is 0 Å². The number of ketones is 2. The van der Waals surface area contributed by atoms with Crippen molar-refractivity contribution >= 4 is 23.0 Å². The zero-order valence-corrected chi connectivity index (χ0v) is 16.4. The number of fused-ring (bicyclic) bond motifs is 3. The SMILES string of the molecule is COc1cc2c(c(OC)c1OC)C1=CCC(=O)C(=O)C=C1[C@@H](NC(C)=O)CC2. The molecule has 1 N–H and O–H groups in total. The van der Waals surface area contributed by atoms with Gasteiger partial charge >= 0.3 is 0 Å². The third-order valence-corrected chi connectivity index (χ3v) is 5.00. The highest BCUT2D eigenvalue weighted by atomic mass is 16.5. The maximum absolute atomic E-state index is 12.3. The number of nitrogens with one attached hydrogen (secondary N) is 1. The van der Waals surface area contributed by atoms with Crippen molar-refractivity contribution in [3.05, 3.63) is 34.9 Å². The standard InChI is InChI=1S/C21H23NO6/c1-11(23)22-15-7-5-12-9-18(26-2)20(27-3)21(28-4)19(12)13-6-8-16(24)17(25)10-14(13)15/h6,9-10,15H,5,7-8H2,1-4H3,(H,22,23)/t15-/m0/s1. The fraction of sp³-hybridized carbons (Fsp3) is 0.381. The molecule has 2 aliphatic rings. The van der Waals surface area contributed by atoms with Crippen molar-refractivity contribution in [3.8, 4) is 17.2 Å². The van der Waals surface area contributed by atoms with E-state index in [2.05, 4.69) is 5.32 Å². The molecule has 0 saturated carbocycles. The van der Waals surface area contributed by atoms with Crippen LogP contribution in [0.15, 0.2) is 23.8 Å². The maximum atomic E-state index is 12.3. The molecule has 7 nitrogen and oxygen atoms in total. The molecule has 2 aliphatic carbocycles. The first-order valence-corrected chi connectivity index (χ1v) is 8.99. The summed E-state index contributed by atoms with van der Waals surface area (Å²) in [6, 6.07) is 1.48. The van der Waals surface area contributed by atoms with Crippen LogP contribution < -0.4 is 19.5 Å². The Morgan fingerprint density at radius 2 is 1.82 bits per heavy atom. The van der Waals surface area contributed by atoms with Gasteiger partial charge in [0, 0.05) is 18.9 Å². The Bertz CT molecular complexity index is 912. The van der Waals surface area contributed by atoms with Crippen LogP contribution in [0.3, 0.4) is 0 Å². The van der Waals surface area contributed by atoms with Crippen LogP contribution in [-0.4, -0.2) is 44.8 Å². The molecule has 0 spiro atoms. The second kappa shape index (κ2) is 7.88. The molecular weight excluding hydrogens is 362 g/mol. The summed E-state index contributed by atoms with van der Waals surface area (Å²) >= 11 is 0. The number of hydrogen-bond acceptors (Lipinski definition) is 6. The van der Waals surface area contributed by atoms with Crippen LogP contribution in [0, 0.1) is 0 Å². The third kappa shape index (κ3) is 3.40. The number of rotatable bonds is 4. The van der Waals surface area contributed by atoms with E-state index < -0.39 is 17.6 Å². The van der Waals surface area contributed by atoms with Gasteiger partial charge in [-0.15, -0.1) is 0 Å². The highest BCUT2D eigenvalue weighted by Crippen LogP contribution is 2.49. The molecule has 3 rings (SSSR count). The topological polar surface area (TPSA) is 90.9 Å². The quantitative estimate of drug-likeness (QED) is 0.798. The molecule has 0 unspecified atom stereocenters. The van der Waals surface area contributed by atoms with E-state index in [-0.39, 0.29) is 12.3 Å². The van der Waals surface area contributed by atoms with Crippen LogP contribution in [0.5, 0.6) is 17.2 Å². The summed E-state index contributed by atoms with van der Waals surface area (Å²) in [5, 5.41) is 2.90. The van der Waals surface area contributed by atoms with E-state index in [1.807, 2.05) is 6.07 Å². The molecule has 0 heterocycles. The van der Waals surface area contributed by atoms with Crippen LogP contribution in [0.1, 0.15) is 30.9 Å². The first-order chi connectivity index (χ1) is 13.4. The van der Waals surface area contributed by atoms with Crippen molar-refractivity contribution in [1.82, 2.24) is 5.32 Å². The summed E-state index contributed by atoms with van der Waals surface area (Å²) in [4.78, 5) is 36.1. The molecule has 148 valence electrons. The zero-order chi connectivity index (χ0) is 20.4. The lowest BCUT2D eigenvalue weighted by molar-refractivity contribution is -0.133. The van der Waals surface area contributed by atoms with Crippen molar-refractivity contribution in [3.63, 3.8) is 0 Å². The number of carbonyl (C=O) groups excluding carboxylic acids is 3. The van der Waals surface area contributed by atoms with Crippen LogP contribution in [-0.2, 0) is 20.8 Å². The number of hydrogen-bond donors (Lipinski definition) is 1. The van der Waals surface area contributed by atoms with Gasteiger partial charge in [-0.05, 0) is 41.7 Å². The van der Waals surface area contributed by atoms with Crippen LogP contribution in [0.4, 0.5) is 0 Å². The normalized spacial score (nSPS) is 18.6. The summed E-state index contributed by atoms with van der Waals surface area (Å²) < 4.78 is 16.6. The average Bonchev–Trinajstić information content (AvgIpc) is 2.90. The number of methoxy groups -OCH3 is 3. The van der Waals surface area contributed by atoms with E-state index in [1.54, 1.807) is 13.2 Å². The smallest absolute Gasteiger partial charge is 0.222 e. The van der Waals surface area contributed by atoms with Gasteiger partial charge in [-0.25, -0.2) is 0 Å². The Labute approximate surface area is 163 Å². The molecule has 0 saturated heterocycles. The summed E-state index contributed by atoms with van der Waals surface area (Å²) in [5.74, 6) is 0.169. The molecule has 0 aromatic heterocycles. The molecule has 1 atom stereocenters. The lowest BCUT2D eigenvalue weighted by Gasteiger charge is -2.22. The largest absolute Gasteiger partial charge is 0.493 e. The molecule has 0 bridgehead atoms.